The number of nitrogens with one attached hydrogen (secondary N) is 2. The highest BCUT2D eigenvalue weighted by Gasteiger charge is 2.39. The predicted octanol–water partition coefficient (Wildman–Crippen LogP) is 7.59. The number of rotatable bonds is 15. The van der Waals surface area contributed by atoms with Crippen molar-refractivity contribution in [2.45, 2.75) is 63.5 Å². The number of halogens is 5. The molecule has 0 saturated carbocycles. The summed E-state index contributed by atoms with van der Waals surface area (Å²) >= 11 is 7.07. The van der Waals surface area contributed by atoms with Gasteiger partial charge in [0.15, 0.2) is 0 Å². The molecule has 3 aromatic carbocycles. The van der Waals surface area contributed by atoms with Crippen LogP contribution in [0.15, 0.2) is 54.6 Å². The van der Waals surface area contributed by atoms with E-state index in [0.717, 1.165) is 23.6 Å². The summed E-state index contributed by atoms with van der Waals surface area (Å²) in [6.07, 6.45) is -3.69. The van der Waals surface area contributed by atoms with Crippen molar-refractivity contribution in [2.24, 2.45) is 0 Å². The number of carbonyl (C=O) groups is 2. The Hall–Kier alpha value is -4.92. The first-order chi connectivity index (χ1) is 26.3. The van der Waals surface area contributed by atoms with E-state index < -0.39 is 35.5 Å². The number of carbonyl (C=O) groups excluding carboxylic acids is 1. The van der Waals surface area contributed by atoms with Crippen LogP contribution in [0.5, 0.6) is 17.5 Å². The first-order valence-electron chi connectivity index (χ1n) is 17.8. The molecule has 2 heterocycles. The number of fused-ring (bicyclic) bond motifs is 1. The SMILES string of the molecule is COc1cc(-c2cccc(-c3cccc4c3CC[C@@H]4Oc3nc(OC)c(CN(C)CCC(=O)O)cc3C(F)(F)F)c2Cl)cc(F)c1CNC[C@@H]1CCC(=O)N1. The second-order valence-corrected chi connectivity index (χ2v) is 14.0. The third-order valence-electron chi connectivity index (χ3n) is 9.89. The summed E-state index contributed by atoms with van der Waals surface area (Å²) in [6, 6.07) is 14.9. The zero-order valence-corrected chi connectivity index (χ0v) is 31.2. The fourth-order valence-corrected chi connectivity index (χ4v) is 7.51. The average molecular weight is 785 g/mol. The molecule has 2 atom stereocenters. The van der Waals surface area contributed by atoms with Crippen LogP contribution in [0.1, 0.15) is 59.6 Å². The van der Waals surface area contributed by atoms with Gasteiger partial charge in [-0.25, -0.2) is 4.39 Å². The van der Waals surface area contributed by atoms with Crippen LogP contribution in [-0.4, -0.2) is 67.3 Å². The van der Waals surface area contributed by atoms with Crippen molar-refractivity contribution < 1.29 is 46.5 Å². The van der Waals surface area contributed by atoms with Crippen LogP contribution in [0.25, 0.3) is 22.3 Å². The van der Waals surface area contributed by atoms with E-state index in [1.54, 1.807) is 42.3 Å². The van der Waals surface area contributed by atoms with Gasteiger partial charge in [-0.1, -0.05) is 48.0 Å². The Balaban J connectivity index is 1.26. The van der Waals surface area contributed by atoms with Crippen molar-refractivity contribution in [2.75, 3.05) is 34.4 Å². The zero-order valence-electron chi connectivity index (χ0n) is 30.5. The largest absolute Gasteiger partial charge is 0.496 e. The molecule has 1 amide bonds. The van der Waals surface area contributed by atoms with Gasteiger partial charge >= 0.3 is 12.1 Å². The van der Waals surface area contributed by atoms with E-state index in [0.29, 0.717) is 64.4 Å². The number of benzene rings is 3. The lowest BCUT2D eigenvalue weighted by molar-refractivity contribution is -0.140. The van der Waals surface area contributed by atoms with Crippen molar-refractivity contribution in [1.29, 1.82) is 0 Å². The van der Waals surface area contributed by atoms with E-state index in [1.807, 2.05) is 12.1 Å². The van der Waals surface area contributed by atoms with Crippen LogP contribution in [0, 0.1) is 5.82 Å². The molecule has 0 bridgehead atoms. The molecule has 15 heteroatoms. The first-order valence-corrected chi connectivity index (χ1v) is 18.1. The standard InChI is InChI=1S/C40H41ClF4N4O6/c1-49(15-14-36(51)52)21-23-16-31(40(43,44)45)39(48-38(23)54-3)55-33-12-11-27-26(7-5-8-28(27)33)29-9-4-6-25(37(29)41)22-17-32(42)30(34(18-22)53-2)20-46-19-24-10-13-35(50)47-24/h4-9,16-18,24,33,46H,10-15,19-21H2,1-3H3,(H,47,50)(H,51,52)/t24-,33-/m0/s1. The van der Waals surface area contributed by atoms with Crippen LogP contribution in [-0.2, 0) is 35.3 Å². The van der Waals surface area contributed by atoms with Gasteiger partial charge in [-0.3, -0.25) is 9.59 Å². The van der Waals surface area contributed by atoms with Crippen molar-refractivity contribution in [3.8, 4) is 39.8 Å². The molecule has 6 rings (SSSR count). The van der Waals surface area contributed by atoms with Gasteiger partial charge in [-0.05, 0) is 66.8 Å². The normalized spacial score (nSPS) is 16.6. The number of methoxy groups -OCH3 is 2. The van der Waals surface area contributed by atoms with Crippen molar-refractivity contribution in [3.63, 3.8) is 0 Å². The molecule has 4 aromatic rings. The Morgan fingerprint density at radius 3 is 2.47 bits per heavy atom. The summed E-state index contributed by atoms with van der Waals surface area (Å²) in [5.74, 6) is -1.85. The molecule has 1 aromatic heterocycles. The smallest absolute Gasteiger partial charge is 0.421 e. The fourth-order valence-electron chi connectivity index (χ4n) is 7.17. The Bertz CT molecular complexity index is 2080. The van der Waals surface area contributed by atoms with Gasteiger partial charge in [0.2, 0.25) is 17.7 Å². The minimum Gasteiger partial charge on any atom is -0.496 e. The minimum absolute atomic E-state index is 0.00445. The average Bonchev–Trinajstić information content (AvgIpc) is 3.76. The van der Waals surface area contributed by atoms with Crippen molar-refractivity contribution in [3.05, 3.63) is 93.3 Å². The van der Waals surface area contributed by atoms with E-state index >= 15 is 4.39 Å². The van der Waals surface area contributed by atoms with E-state index in [9.17, 15) is 22.8 Å². The molecular formula is C40H41ClF4N4O6. The summed E-state index contributed by atoms with van der Waals surface area (Å²) in [5.41, 5.74) is 3.44. The fraction of sp³-hybridized carbons (Fsp3) is 0.375. The third kappa shape index (κ3) is 8.98. The van der Waals surface area contributed by atoms with Gasteiger partial charge in [-0.2, -0.15) is 18.2 Å². The van der Waals surface area contributed by atoms with Crippen LogP contribution >= 0.6 is 11.6 Å². The lowest BCUT2D eigenvalue weighted by Gasteiger charge is -2.22. The molecule has 292 valence electrons. The second-order valence-electron chi connectivity index (χ2n) is 13.6. The highest BCUT2D eigenvalue weighted by atomic mass is 35.5. The quantitative estimate of drug-likeness (QED) is 0.105. The summed E-state index contributed by atoms with van der Waals surface area (Å²) in [5, 5.41) is 15.4. The second kappa shape index (κ2) is 16.8. The van der Waals surface area contributed by atoms with Gasteiger partial charge in [-0.15, -0.1) is 0 Å². The molecule has 1 aliphatic carbocycles. The highest BCUT2D eigenvalue weighted by Crippen LogP contribution is 2.46. The van der Waals surface area contributed by atoms with Gasteiger partial charge in [0.25, 0.3) is 0 Å². The van der Waals surface area contributed by atoms with Crippen LogP contribution in [0.4, 0.5) is 17.6 Å². The molecule has 1 saturated heterocycles. The number of amides is 1. The van der Waals surface area contributed by atoms with Crippen LogP contribution in [0.2, 0.25) is 5.02 Å². The topological polar surface area (TPSA) is 122 Å². The molecule has 0 spiro atoms. The predicted molar refractivity (Wildman–Crippen MR) is 198 cm³/mol. The van der Waals surface area contributed by atoms with Crippen molar-refractivity contribution >= 4 is 23.5 Å². The van der Waals surface area contributed by atoms with E-state index in [4.69, 9.17) is 30.9 Å². The number of pyridine rings is 1. The molecule has 10 nitrogen and oxygen atoms in total. The minimum atomic E-state index is -4.80. The highest BCUT2D eigenvalue weighted by molar-refractivity contribution is 6.36. The lowest BCUT2D eigenvalue weighted by Crippen LogP contribution is -2.35. The van der Waals surface area contributed by atoms with Crippen molar-refractivity contribution in [1.82, 2.24) is 20.5 Å². The van der Waals surface area contributed by atoms with E-state index in [-0.39, 0.29) is 49.4 Å². The van der Waals surface area contributed by atoms with Gasteiger partial charge in [0.1, 0.15) is 23.2 Å². The number of alkyl halides is 3. The number of carboxylic acid groups (broad SMARTS) is 1. The zero-order chi connectivity index (χ0) is 39.4. The number of ether oxygens (including phenoxy) is 3. The van der Waals surface area contributed by atoms with E-state index in [2.05, 4.69) is 15.6 Å². The number of carboxylic acids is 1. The molecule has 55 heavy (non-hydrogen) atoms. The van der Waals surface area contributed by atoms with Gasteiger partial charge in [0, 0.05) is 60.9 Å². The maximum absolute atomic E-state index is 15.6. The maximum Gasteiger partial charge on any atom is 0.421 e. The Kier molecular flexibility index (Phi) is 12.2. The summed E-state index contributed by atoms with van der Waals surface area (Å²) < 4.78 is 75.9. The number of aromatic nitrogens is 1. The monoisotopic (exact) mass is 784 g/mol. The number of hydrogen-bond acceptors (Lipinski definition) is 8. The molecule has 1 aliphatic heterocycles. The Labute approximate surface area is 320 Å². The number of nitrogens with zero attached hydrogens (tertiary/aromatic N) is 2. The van der Waals surface area contributed by atoms with Gasteiger partial charge in [0.05, 0.1) is 25.7 Å². The third-order valence-corrected chi connectivity index (χ3v) is 10.3. The molecule has 3 N–H and O–H groups in total. The lowest BCUT2D eigenvalue weighted by atomic mass is 9.93. The van der Waals surface area contributed by atoms with Crippen LogP contribution < -0.4 is 24.8 Å². The molecule has 0 unspecified atom stereocenters. The van der Waals surface area contributed by atoms with Crippen LogP contribution in [0.3, 0.4) is 0 Å². The van der Waals surface area contributed by atoms with E-state index in [1.165, 1.54) is 20.3 Å². The number of aliphatic carboxylic acids is 1. The summed E-state index contributed by atoms with van der Waals surface area (Å²) in [7, 11) is 4.36. The molecule has 1 fully saturated rings. The Morgan fingerprint density at radius 1 is 1.04 bits per heavy atom. The Morgan fingerprint density at radius 2 is 1.78 bits per heavy atom. The summed E-state index contributed by atoms with van der Waals surface area (Å²) in [4.78, 5) is 28.3. The molecule has 2 aliphatic rings. The summed E-state index contributed by atoms with van der Waals surface area (Å²) in [6.45, 7) is 0.779. The number of hydrogen-bond donors (Lipinski definition) is 3. The van der Waals surface area contributed by atoms with Gasteiger partial charge < -0.3 is 34.9 Å². The maximum atomic E-state index is 15.6. The molecular weight excluding hydrogens is 744 g/mol. The molecule has 0 radical (unpaired) electrons. The first kappa shape index (κ1) is 39.8.